The maximum absolute atomic E-state index is 13.2. The number of hydrogen-bond acceptors (Lipinski definition) is 4. The maximum Gasteiger partial charge on any atom is 0.264 e. The SMILES string of the molecule is COc1ccc(-n2cc3c(n2)CCCN3S(=O)(=O)c2ccc(C)cc2)cc1. The number of aryl methyl sites for hydroxylation is 2. The molecule has 1 aliphatic rings. The quantitative estimate of drug-likeness (QED) is 0.693. The number of aromatic nitrogens is 2. The molecule has 0 spiro atoms. The highest BCUT2D eigenvalue weighted by molar-refractivity contribution is 7.92. The first kappa shape index (κ1) is 17.6. The van der Waals surface area contributed by atoms with Crippen LogP contribution in [0.1, 0.15) is 17.7 Å². The molecule has 4 rings (SSSR count). The molecule has 0 bridgehead atoms. The van der Waals surface area contributed by atoms with Crippen LogP contribution in [0, 0.1) is 6.92 Å². The van der Waals surface area contributed by atoms with Gasteiger partial charge in [-0.3, -0.25) is 4.31 Å². The summed E-state index contributed by atoms with van der Waals surface area (Å²) in [6.45, 7) is 2.39. The summed E-state index contributed by atoms with van der Waals surface area (Å²) in [6, 6.07) is 14.5. The molecule has 0 aliphatic carbocycles. The smallest absolute Gasteiger partial charge is 0.264 e. The Labute approximate surface area is 159 Å². The monoisotopic (exact) mass is 383 g/mol. The molecule has 0 fully saturated rings. The zero-order valence-corrected chi connectivity index (χ0v) is 16.1. The number of sulfonamides is 1. The van der Waals surface area contributed by atoms with Gasteiger partial charge in [-0.2, -0.15) is 5.10 Å². The molecular weight excluding hydrogens is 362 g/mol. The Hall–Kier alpha value is -2.80. The van der Waals surface area contributed by atoms with Crippen molar-refractivity contribution in [3.05, 3.63) is 66.0 Å². The van der Waals surface area contributed by atoms with Gasteiger partial charge >= 0.3 is 0 Å². The first-order valence-electron chi connectivity index (χ1n) is 8.81. The number of fused-ring (bicyclic) bond motifs is 1. The molecule has 140 valence electrons. The van der Waals surface area contributed by atoms with E-state index in [0.717, 1.165) is 35.5 Å². The fraction of sp³-hybridized carbons (Fsp3) is 0.250. The van der Waals surface area contributed by atoms with Crippen LogP contribution in [0.5, 0.6) is 5.75 Å². The van der Waals surface area contributed by atoms with Gasteiger partial charge in [0.25, 0.3) is 10.0 Å². The predicted molar refractivity (Wildman–Crippen MR) is 104 cm³/mol. The van der Waals surface area contributed by atoms with Crippen molar-refractivity contribution in [3.8, 4) is 11.4 Å². The van der Waals surface area contributed by atoms with Crippen LogP contribution in [0.3, 0.4) is 0 Å². The minimum atomic E-state index is -3.61. The van der Waals surface area contributed by atoms with Crippen LogP contribution in [0.2, 0.25) is 0 Å². The third-order valence-electron chi connectivity index (χ3n) is 4.76. The largest absolute Gasteiger partial charge is 0.497 e. The third kappa shape index (κ3) is 3.19. The minimum Gasteiger partial charge on any atom is -0.497 e. The first-order chi connectivity index (χ1) is 13.0. The van der Waals surface area contributed by atoms with E-state index in [-0.39, 0.29) is 0 Å². The number of rotatable bonds is 4. The minimum absolute atomic E-state index is 0.304. The van der Waals surface area contributed by atoms with Gasteiger partial charge in [-0.15, -0.1) is 0 Å². The molecule has 2 heterocycles. The lowest BCUT2D eigenvalue weighted by Gasteiger charge is -2.27. The zero-order valence-electron chi connectivity index (χ0n) is 15.3. The van der Waals surface area contributed by atoms with Gasteiger partial charge in [0.05, 0.1) is 35.3 Å². The lowest BCUT2D eigenvalue weighted by molar-refractivity contribution is 0.414. The first-order valence-corrected chi connectivity index (χ1v) is 10.3. The Balaban J connectivity index is 1.73. The number of anilines is 1. The van der Waals surface area contributed by atoms with Crippen molar-refractivity contribution in [1.29, 1.82) is 0 Å². The molecule has 0 radical (unpaired) electrons. The van der Waals surface area contributed by atoms with Gasteiger partial charge in [0.15, 0.2) is 0 Å². The van der Waals surface area contributed by atoms with Gasteiger partial charge in [-0.1, -0.05) is 17.7 Å². The molecule has 27 heavy (non-hydrogen) atoms. The number of hydrogen-bond donors (Lipinski definition) is 0. The molecule has 3 aromatic rings. The van der Waals surface area contributed by atoms with E-state index >= 15 is 0 Å². The lowest BCUT2D eigenvalue weighted by Crippen LogP contribution is -2.35. The van der Waals surface area contributed by atoms with Gasteiger partial charge < -0.3 is 4.74 Å². The second-order valence-electron chi connectivity index (χ2n) is 6.60. The van der Waals surface area contributed by atoms with Crippen molar-refractivity contribution in [2.45, 2.75) is 24.7 Å². The molecule has 0 amide bonds. The van der Waals surface area contributed by atoms with E-state index in [2.05, 4.69) is 5.10 Å². The molecule has 2 aromatic carbocycles. The van der Waals surface area contributed by atoms with E-state index in [1.807, 2.05) is 43.3 Å². The summed E-state index contributed by atoms with van der Waals surface area (Å²) < 4.78 is 34.7. The summed E-state index contributed by atoms with van der Waals surface area (Å²) in [5.74, 6) is 0.763. The maximum atomic E-state index is 13.2. The van der Waals surface area contributed by atoms with Gasteiger partial charge in [0.1, 0.15) is 5.75 Å². The van der Waals surface area contributed by atoms with E-state index in [1.165, 1.54) is 4.31 Å². The van der Waals surface area contributed by atoms with E-state index in [1.54, 1.807) is 30.1 Å². The fourth-order valence-electron chi connectivity index (χ4n) is 3.25. The van der Waals surface area contributed by atoms with E-state index in [4.69, 9.17) is 4.74 Å². The van der Waals surface area contributed by atoms with Crippen molar-refractivity contribution in [2.75, 3.05) is 18.0 Å². The molecule has 0 unspecified atom stereocenters. The Morgan fingerprint density at radius 1 is 1.04 bits per heavy atom. The van der Waals surface area contributed by atoms with E-state index in [0.29, 0.717) is 17.1 Å². The third-order valence-corrected chi connectivity index (χ3v) is 6.59. The standard InChI is InChI=1S/C20H21N3O3S/c1-15-5-11-18(12-6-15)27(24,25)23-13-3-4-19-20(23)14-22(21-19)16-7-9-17(26-2)10-8-16/h5-12,14H,3-4,13H2,1-2H3. The normalized spacial score (nSPS) is 14.1. The van der Waals surface area contributed by atoms with Crippen LogP contribution >= 0.6 is 0 Å². The van der Waals surface area contributed by atoms with Crippen LogP contribution in [0.25, 0.3) is 5.69 Å². The molecule has 7 heteroatoms. The van der Waals surface area contributed by atoms with Crippen molar-refractivity contribution in [3.63, 3.8) is 0 Å². The highest BCUT2D eigenvalue weighted by Crippen LogP contribution is 2.32. The Kier molecular flexibility index (Phi) is 4.39. The fourth-order valence-corrected chi connectivity index (χ4v) is 4.77. The molecular formula is C20H21N3O3S. The van der Waals surface area contributed by atoms with Crippen LogP contribution in [0.15, 0.2) is 59.6 Å². The summed E-state index contributed by atoms with van der Waals surface area (Å²) in [6.07, 6.45) is 3.30. The molecule has 0 N–H and O–H groups in total. The van der Waals surface area contributed by atoms with Gasteiger partial charge in [-0.05, 0) is 56.2 Å². The number of methoxy groups -OCH3 is 1. The van der Waals surface area contributed by atoms with E-state index < -0.39 is 10.0 Å². The van der Waals surface area contributed by atoms with Gasteiger partial charge in [-0.25, -0.2) is 13.1 Å². The van der Waals surface area contributed by atoms with Crippen LogP contribution in [0.4, 0.5) is 5.69 Å². The highest BCUT2D eigenvalue weighted by atomic mass is 32.2. The second kappa shape index (κ2) is 6.74. The Bertz CT molecular complexity index is 1050. The van der Waals surface area contributed by atoms with Crippen LogP contribution in [-0.2, 0) is 16.4 Å². The molecule has 0 atom stereocenters. The average molecular weight is 383 g/mol. The second-order valence-corrected chi connectivity index (χ2v) is 8.46. The highest BCUT2D eigenvalue weighted by Gasteiger charge is 2.31. The van der Waals surface area contributed by atoms with Crippen molar-refractivity contribution < 1.29 is 13.2 Å². The molecule has 1 aromatic heterocycles. The number of benzene rings is 2. The summed E-state index contributed by atoms with van der Waals surface area (Å²) >= 11 is 0. The summed E-state index contributed by atoms with van der Waals surface area (Å²) in [7, 11) is -1.99. The average Bonchev–Trinajstić information content (AvgIpc) is 3.12. The summed E-state index contributed by atoms with van der Waals surface area (Å²) in [4.78, 5) is 0.304. The molecule has 1 aliphatic heterocycles. The summed E-state index contributed by atoms with van der Waals surface area (Å²) in [5.41, 5.74) is 3.34. The van der Waals surface area contributed by atoms with Crippen molar-refractivity contribution in [2.24, 2.45) is 0 Å². The van der Waals surface area contributed by atoms with E-state index in [9.17, 15) is 8.42 Å². The Morgan fingerprint density at radius 3 is 2.41 bits per heavy atom. The van der Waals surface area contributed by atoms with Crippen molar-refractivity contribution in [1.82, 2.24) is 9.78 Å². The number of nitrogens with zero attached hydrogens (tertiary/aromatic N) is 3. The van der Waals surface area contributed by atoms with Gasteiger partial charge in [0.2, 0.25) is 0 Å². The molecule has 0 saturated heterocycles. The Morgan fingerprint density at radius 2 is 1.74 bits per heavy atom. The topological polar surface area (TPSA) is 64.4 Å². The van der Waals surface area contributed by atoms with Crippen LogP contribution < -0.4 is 9.04 Å². The zero-order chi connectivity index (χ0) is 19.0. The number of ether oxygens (including phenoxy) is 1. The lowest BCUT2D eigenvalue weighted by atomic mass is 10.1. The van der Waals surface area contributed by atoms with Crippen molar-refractivity contribution >= 4 is 15.7 Å². The predicted octanol–water partition coefficient (Wildman–Crippen LogP) is 3.33. The van der Waals surface area contributed by atoms with Gasteiger partial charge in [0, 0.05) is 6.54 Å². The molecule has 0 saturated carbocycles. The molecule has 6 nitrogen and oxygen atoms in total. The van der Waals surface area contributed by atoms with Crippen LogP contribution in [-0.4, -0.2) is 31.9 Å². The summed E-state index contributed by atoms with van der Waals surface area (Å²) in [5, 5.41) is 4.62.